The number of rotatable bonds is 2. The molecule has 2 atom stereocenters. The maximum Gasteiger partial charge on any atom is 0.261 e. The van der Waals surface area contributed by atoms with E-state index in [0.29, 0.717) is 0 Å². The SMILES string of the molecule is C1=Cc2c(oc3ccccc23)C(C2=[NH+]C(c3ccccc3)N2)C1. The molecule has 2 unspecified atom stereocenters. The zero-order chi connectivity index (χ0) is 15.2. The highest BCUT2D eigenvalue weighted by Crippen LogP contribution is 2.37. The molecule has 0 spiro atoms. The lowest BCUT2D eigenvalue weighted by Crippen LogP contribution is -2.91. The summed E-state index contributed by atoms with van der Waals surface area (Å²) in [6.07, 6.45) is 5.58. The quantitative estimate of drug-likeness (QED) is 0.764. The molecule has 0 radical (unpaired) electrons. The number of nitrogens with one attached hydrogen (secondary N) is 2. The maximum absolute atomic E-state index is 6.15. The van der Waals surface area contributed by atoms with Gasteiger partial charge in [-0.15, -0.1) is 0 Å². The summed E-state index contributed by atoms with van der Waals surface area (Å²) in [6, 6.07) is 18.7. The minimum atomic E-state index is 0.199. The Morgan fingerprint density at radius 3 is 2.65 bits per heavy atom. The topological polar surface area (TPSA) is 39.1 Å². The summed E-state index contributed by atoms with van der Waals surface area (Å²) < 4.78 is 6.15. The van der Waals surface area contributed by atoms with Crippen molar-refractivity contribution >= 4 is 22.9 Å². The van der Waals surface area contributed by atoms with E-state index < -0.39 is 0 Å². The van der Waals surface area contributed by atoms with E-state index in [0.717, 1.165) is 23.6 Å². The van der Waals surface area contributed by atoms with E-state index in [9.17, 15) is 0 Å². The molecule has 1 aromatic heterocycles. The highest BCUT2D eigenvalue weighted by atomic mass is 16.3. The van der Waals surface area contributed by atoms with Gasteiger partial charge in [0.25, 0.3) is 12.0 Å². The smallest absolute Gasteiger partial charge is 0.261 e. The van der Waals surface area contributed by atoms with Crippen LogP contribution in [0.15, 0.2) is 65.1 Å². The summed E-state index contributed by atoms with van der Waals surface area (Å²) in [4.78, 5) is 3.56. The Morgan fingerprint density at radius 2 is 1.78 bits per heavy atom. The van der Waals surface area contributed by atoms with Crippen molar-refractivity contribution in [3.8, 4) is 0 Å². The first kappa shape index (κ1) is 12.7. The fourth-order valence-corrected chi connectivity index (χ4v) is 3.52. The molecule has 112 valence electrons. The standard InChI is InChI=1S/C20H16N2O/c1-2-7-13(8-3-1)19-21-20(22-19)16-11-6-10-15-14-9-4-5-12-17(14)23-18(15)16/h1-10,12,16,19H,11H2,(H,21,22)/p+1. The number of benzene rings is 2. The number of allylic oxidation sites excluding steroid dienone is 1. The largest absolute Gasteiger partial charge is 0.459 e. The zero-order valence-electron chi connectivity index (χ0n) is 12.6. The molecule has 2 aliphatic rings. The number of hydrogen-bond acceptors (Lipinski definition) is 2. The first-order valence-corrected chi connectivity index (χ1v) is 8.03. The van der Waals surface area contributed by atoms with Crippen LogP contribution < -0.4 is 10.3 Å². The molecule has 23 heavy (non-hydrogen) atoms. The van der Waals surface area contributed by atoms with Gasteiger partial charge in [-0.05, 0) is 12.5 Å². The van der Waals surface area contributed by atoms with E-state index in [4.69, 9.17) is 4.42 Å². The summed E-state index contributed by atoms with van der Waals surface area (Å²) in [5.41, 5.74) is 3.44. The van der Waals surface area contributed by atoms with Crippen LogP contribution in [-0.4, -0.2) is 5.84 Å². The second-order valence-corrected chi connectivity index (χ2v) is 6.11. The summed E-state index contributed by atoms with van der Waals surface area (Å²) in [5.74, 6) is 2.47. The van der Waals surface area contributed by atoms with Crippen molar-refractivity contribution in [3.05, 3.63) is 77.6 Å². The van der Waals surface area contributed by atoms with Gasteiger partial charge in [0.05, 0.1) is 0 Å². The van der Waals surface area contributed by atoms with Crippen LogP contribution in [0.3, 0.4) is 0 Å². The Bertz CT molecular complexity index is 937. The molecule has 3 aromatic rings. The third kappa shape index (κ3) is 1.93. The van der Waals surface area contributed by atoms with Crippen LogP contribution in [0.2, 0.25) is 0 Å². The summed E-state index contributed by atoms with van der Waals surface area (Å²) in [6.45, 7) is 0. The highest BCUT2D eigenvalue weighted by molar-refractivity contribution is 5.94. The van der Waals surface area contributed by atoms with Crippen LogP contribution >= 0.6 is 0 Å². The average molecular weight is 301 g/mol. The van der Waals surface area contributed by atoms with Gasteiger partial charge in [-0.3, -0.25) is 0 Å². The van der Waals surface area contributed by atoms with Gasteiger partial charge < -0.3 is 4.42 Å². The molecule has 1 aliphatic heterocycles. The van der Waals surface area contributed by atoms with Gasteiger partial charge in [-0.25, -0.2) is 10.3 Å². The van der Waals surface area contributed by atoms with Gasteiger partial charge in [0.15, 0.2) is 0 Å². The molecule has 2 aromatic carbocycles. The lowest BCUT2D eigenvalue weighted by molar-refractivity contribution is -0.553. The van der Waals surface area contributed by atoms with E-state index in [2.05, 4.69) is 58.9 Å². The van der Waals surface area contributed by atoms with Crippen LogP contribution in [0.5, 0.6) is 0 Å². The van der Waals surface area contributed by atoms with Gasteiger partial charge in [0.2, 0.25) is 0 Å². The fraction of sp³-hybridized carbons (Fsp3) is 0.150. The Morgan fingerprint density at radius 1 is 1.00 bits per heavy atom. The number of fused-ring (bicyclic) bond motifs is 3. The Labute approximate surface area is 134 Å². The van der Waals surface area contributed by atoms with Crippen LogP contribution in [-0.2, 0) is 0 Å². The molecule has 0 saturated carbocycles. The summed E-state index contributed by atoms with van der Waals surface area (Å²) in [5, 5.41) is 4.76. The molecular formula is C20H17N2O+. The van der Waals surface area contributed by atoms with Crippen LogP contribution in [0, 0.1) is 0 Å². The average Bonchev–Trinajstić information content (AvgIpc) is 2.94. The van der Waals surface area contributed by atoms with Crippen LogP contribution in [0.1, 0.15) is 35.4 Å². The lowest BCUT2D eigenvalue weighted by Gasteiger charge is -2.25. The minimum absolute atomic E-state index is 0.199. The fourth-order valence-electron chi connectivity index (χ4n) is 3.52. The number of amidine groups is 1. The molecule has 0 saturated heterocycles. The summed E-state index contributed by atoms with van der Waals surface area (Å²) in [7, 11) is 0. The van der Waals surface area contributed by atoms with Crippen molar-refractivity contribution < 1.29 is 9.41 Å². The molecule has 0 bridgehead atoms. The van der Waals surface area contributed by atoms with Crippen molar-refractivity contribution in [3.63, 3.8) is 0 Å². The van der Waals surface area contributed by atoms with Gasteiger partial charge in [0, 0.05) is 16.5 Å². The molecule has 5 rings (SSSR count). The highest BCUT2D eigenvalue weighted by Gasteiger charge is 2.39. The first-order chi connectivity index (χ1) is 11.4. The molecular weight excluding hydrogens is 284 g/mol. The van der Waals surface area contributed by atoms with Crippen molar-refractivity contribution in [2.24, 2.45) is 0 Å². The van der Waals surface area contributed by atoms with E-state index in [1.54, 1.807) is 0 Å². The van der Waals surface area contributed by atoms with E-state index >= 15 is 0 Å². The molecule has 2 heterocycles. The molecule has 2 N–H and O–H groups in total. The Kier molecular flexibility index (Phi) is 2.68. The van der Waals surface area contributed by atoms with Crippen molar-refractivity contribution in [2.75, 3.05) is 0 Å². The van der Waals surface area contributed by atoms with Crippen LogP contribution in [0.4, 0.5) is 0 Å². The molecule has 0 amide bonds. The number of furan rings is 1. The van der Waals surface area contributed by atoms with E-state index in [1.807, 2.05) is 18.2 Å². The predicted molar refractivity (Wildman–Crippen MR) is 90.9 cm³/mol. The lowest BCUT2D eigenvalue weighted by atomic mass is 9.90. The van der Waals surface area contributed by atoms with E-state index in [-0.39, 0.29) is 12.1 Å². The third-order valence-electron chi connectivity index (χ3n) is 4.72. The van der Waals surface area contributed by atoms with Crippen LogP contribution in [0.25, 0.3) is 17.0 Å². The van der Waals surface area contributed by atoms with Gasteiger partial charge in [-0.2, -0.15) is 0 Å². The second-order valence-electron chi connectivity index (χ2n) is 6.11. The minimum Gasteiger partial charge on any atom is -0.459 e. The normalized spacial score (nSPS) is 22.2. The maximum atomic E-state index is 6.15. The van der Waals surface area contributed by atoms with Crippen molar-refractivity contribution in [2.45, 2.75) is 18.5 Å². The number of para-hydroxylation sites is 1. The zero-order valence-corrected chi connectivity index (χ0v) is 12.6. The number of hydrogen-bond donors (Lipinski definition) is 2. The van der Waals surface area contributed by atoms with E-state index in [1.165, 1.54) is 16.5 Å². The van der Waals surface area contributed by atoms with Gasteiger partial charge in [-0.1, -0.05) is 60.7 Å². The monoisotopic (exact) mass is 301 g/mol. The molecule has 3 nitrogen and oxygen atoms in total. The molecule has 3 heteroatoms. The first-order valence-electron chi connectivity index (χ1n) is 8.03. The van der Waals surface area contributed by atoms with Gasteiger partial charge in [0.1, 0.15) is 17.3 Å². The van der Waals surface area contributed by atoms with Gasteiger partial charge >= 0.3 is 0 Å². The van der Waals surface area contributed by atoms with Crippen molar-refractivity contribution in [1.29, 1.82) is 0 Å². The Balaban J connectivity index is 1.51. The molecule has 1 aliphatic carbocycles. The predicted octanol–water partition coefficient (Wildman–Crippen LogP) is 2.71. The summed E-state index contributed by atoms with van der Waals surface area (Å²) >= 11 is 0. The van der Waals surface area contributed by atoms with Crippen molar-refractivity contribution in [1.82, 2.24) is 5.32 Å². The Hall–Kier alpha value is -2.81. The molecule has 0 fully saturated rings. The second kappa shape index (κ2) is 4.85. The third-order valence-corrected chi connectivity index (χ3v) is 4.72.